The van der Waals surface area contributed by atoms with Gasteiger partial charge in [0.05, 0.1) is 5.54 Å². The fourth-order valence-electron chi connectivity index (χ4n) is 1.59. The Morgan fingerprint density at radius 3 is 2.47 bits per heavy atom. The number of amides is 1. The first-order valence-electron chi connectivity index (χ1n) is 5.99. The molecule has 1 atom stereocenters. The zero-order valence-electron chi connectivity index (χ0n) is 11.1. The van der Waals surface area contributed by atoms with Gasteiger partial charge in [0.1, 0.15) is 0 Å². The Morgan fingerprint density at radius 1 is 1.41 bits per heavy atom. The van der Waals surface area contributed by atoms with Gasteiger partial charge in [-0.2, -0.15) is 0 Å². The van der Waals surface area contributed by atoms with Gasteiger partial charge in [-0.25, -0.2) is 0 Å². The first-order chi connectivity index (χ1) is 7.90. The van der Waals surface area contributed by atoms with E-state index in [1.54, 1.807) is 0 Å². The standard InChI is InChI=1S/C14H22N2O/c1-10(2)14(4,9-15)16-13(17)12-8-6-5-7-11(12)3/h5-8,10H,9,15H2,1-4H3,(H,16,17). The lowest BCUT2D eigenvalue weighted by atomic mass is 9.88. The van der Waals surface area contributed by atoms with E-state index in [1.807, 2.05) is 38.1 Å². The molecule has 17 heavy (non-hydrogen) atoms. The van der Waals surface area contributed by atoms with Crippen LogP contribution in [0.5, 0.6) is 0 Å². The van der Waals surface area contributed by atoms with Crippen LogP contribution in [0.3, 0.4) is 0 Å². The van der Waals surface area contributed by atoms with Crippen LogP contribution in [0.1, 0.15) is 36.7 Å². The Hall–Kier alpha value is -1.35. The van der Waals surface area contributed by atoms with Crippen molar-refractivity contribution in [2.45, 2.75) is 33.2 Å². The molecule has 0 fully saturated rings. The Balaban J connectivity index is 2.90. The summed E-state index contributed by atoms with van der Waals surface area (Å²) in [4.78, 5) is 12.2. The van der Waals surface area contributed by atoms with E-state index >= 15 is 0 Å². The topological polar surface area (TPSA) is 55.1 Å². The van der Waals surface area contributed by atoms with Crippen LogP contribution in [0.25, 0.3) is 0 Å². The third-order valence-corrected chi connectivity index (χ3v) is 3.49. The van der Waals surface area contributed by atoms with E-state index < -0.39 is 0 Å². The van der Waals surface area contributed by atoms with Crippen LogP contribution in [-0.4, -0.2) is 18.0 Å². The lowest BCUT2D eigenvalue weighted by Crippen LogP contribution is -2.55. The maximum Gasteiger partial charge on any atom is 0.252 e. The highest BCUT2D eigenvalue weighted by Crippen LogP contribution is 2.16. The summed E-state index contributed by atoms with van der Waals surface area (Å²) in [5.74, 6) is 0.241. The molecule has 1 aromatic rings. The number of nitrogens with one attached hydrogen (secondary N) is 1. The number of hydrogen-bond donors (Lipinski definition) is 2. The molecule has 0 heterocycles. The molecule has 0 radical (unpaired) electrons. The molecule has 0 aliphatic rings. The highest BCUT2D eigenvalue weighted by atomic mass is 16.1. The predicted octanol–water partition coefficient (Wildman–Crippen LogP) is 2.10. The first kappa shape index (κ1) is 13.7. The van der Waals surface area contributed by atoms with E-state index in [0.29, 0.717) is 18.0 Å². The van der Waals surface area contributed by atoms with Gasteiger partial charge in [-0.05, 0) is 31.4 Å². The highest BCUT2D eigenvalue weighted by Gasteiger charge is 2.29. The summed E-state index contributed by atoms with van der Waals surface area (Å²) in [5, 5.41) is 3.04. The van der Waals surface area contributed by atoms with Gasteiger partial charge in [0.15, 0.2) is 0 Å². The molecule has 0 aliphatic carbocycles. The van der Waals surface area contributed by atoms with E-state index in [2.05, 4.69) is 19.2 Å². The fourth-order valence-corrected chi connectivity index (χ4v) is 1.59. The molecule has 1 aromatic carbocycles. The summed E-state index contributed by atoms with van der Waals surface area (Å²) in [7, 11) is 0. The maximum absolute atomic E-state index is 12.2. The molecule has 0 saturated carbocycles. The van der Waals surface area contributed by atoms with Crippen LogP contribution in [-0.2, 0) is 0 Å². The van der Waals surface area contributed by atoms with Gasteiger partial charge >= 0.3 is 0 Å². The molecule has 1 rings (SSSR count). The zero-order valence-corrected chi connectivity index (χ0v) is 11.1. The van der Waals surface area contributed by atoms with Gasteiger partial charge in [-0.1, -0.05) is 32.0 Å². The van der Waals surface area contributed by atoms with Crippen molar-refractivity contribution < 1.29 is 4.79 Å². The van der Waals surface area contributed by atoms with Crippen LogP contribution in [0.15, 0.2) is 24.3 Å². The largest absolute Gasteiger partial charge is 0.345 e. The molecule has 0 spiro atoms. The number of rotatable bonds is 4. The molecule has 1 amide bonds. The Morgan fingerprint density at radius 2 is 2.00 bits per heavy atom. The summed E-state index contributed by atoms with van der Waals surface area (Å²) in [6, 6.07) is 7.57. The normalized spacial score (nSPS) is 14.5. The summed E-state index contributed by atoms with van der Waals surface area (Å²) >= 11 is 0. The molecule has 3 N–H and O–H groups in total. The molecule has 0 aliphatic heterocycles. The highest BCUT2D eigenvalue weighted by molar-refractivity contribution is 5.96. The number of hydrogen-bond acceptors (Lipinski definition) is 2. The third kappa shape index (κ3) is 3.07. The predicted molar refractivity (Wildman–Crippen MR) is 70.9 cm³/mol. The monoisotopic (exact) mass is 234 g/mol. The van der Waals surface area contributed by atoms with Gasteiger partial charge in [-0.15, -0.1) is 0 Å². The van der Waals surface area contributed by atoms with E-state index in [9.17, 15) is 4.79 Å². The SMILES string of the molecule is Cc1ccccc1C(=O)NC(C)(CN)C(C)C. The van der Waals surface area contributed by atoms with Crippen LogP contribution >= 0.6 is 0 Å². The zero-order chi connectivity index (χ0) is 13.1. The van der Waals surface area contributed by atoms with Crippen LogP contribution in [0, 0.1) is 12.8 Å². The van der Waals surface area contributed by atoms with Crippen molar-refractivity contribution in [1.82, 2.24) is 5.32 Å². The molecule has 3 heteroatoms. The second-order valence-corrected chi connectivity index (χ2v) is 5.05. The minimum absolute atomic E-state index is 0.0512. The Kier molecular flexibility index (Phi) is 4.29. The molecule has 0 bridgehead atoms. The van der Waals surface area contributed by atoms with E-state index in [-0.39, 0.29) is 11.4 Å². The quantitative estimate of drug-likeness (QED) is 0.838. The van der Waals surface area contributed by atoms with Gasteiger partial charge in [-0.3, -0.25) is 4.79 Å². The molecule has 0 aromatic heterocycles. The molecular weight excluding hydrogens is 212 g/mol. The second-order valence-electron chi connectivity index (χ2n) is 5.05. The van der Waals surface area contributed by atoms with E-state index in [1.165, 1.54) is 0 Å². The van der Waals surface area contributed by atoms with E-state index in [4.69, 9.17) is 5.73 Å². The van der Waals surface area contributed by atoms with Crippen molar-refractivity contribution in [1.29, 1.82) is 0 Å². The smallest absolute Gasteiger partial charge is 0.252 e. The summed E-state index contributed by atoms with van der Waals surface area (Å²) < 4.78 is 0. The van der Waals surface area contributed by atoms with Crippen molar-refractivity contribution in [3.63, 3.8) is 0 Å². The number of benzene rings is 1. The van der Waals surface area contributed by atoms with Gasteiger partial charge in [0, 0.05) is 12.1 Å². The van der Waals surface area contributed by atoms with Crippen molar-refractivity contribution in [3.8, 4) is 0 Å². The van der Waals surface area contributed by atoms with Crippen molar-refractivity contribution in [2.24, 2.45) is 11.7 Å². The number of carbonyl (C=O) groups is 1. The van der Waals surface area contributed by atoms with Gasteiger partial charge in [0.2, 0.25) is 0 Å². The van der Waals surface area contributed by atoms with Crippen LogP contribution in [0.2, 0.25) is 0 Å². The average molecular weight is 234 g/mol. The second kappa shape index (κ2) is 5.32. The average Bonchev–Trinajstić information content (AvgIpc) is 2.29. The van der Waals surface area contributed by atoms with Gasteiger partial charge in [0.25, 0.3) is 5.91 Å². The lowest BCUT2D eigenvalue weighted by Gasteiger charge is -2.33. The molecule has 94 valence electrons. The minimum atomic E-state index is -0.362. The molecule has 3 nitrogen and oxygen atoms in total. The molecule has 1 unspecified atom stereocenters. The Labute approximate surface area is 103 Å². The maximum atomic E-state index is 12.2. The lowest BCUT2D eigenvalue weighted by molar-refractivity contribution is 0.0882. The number of aryl methyl sites for hydroxylation is 1. The van der Waals surface area contributed by atoms with Gasteiger partial charge < -0.3 is 11.1 Å². The van der Waals surface area contributed by atoms with Crippen LogP contribution < -0.4 is 11.1 Å². The summed E-state index contributed by atoms with van der Waals surface area (Å²) in [6.07, 6.45) is 0. The minimum Gasteiger partial charge on any atom is -0.345 e. The number of nitrogens with two attached hydrogens (primary N) is 1. The summed E-state index contributed by atoms with van der Waals surface area (Å²) in [6.45, 7) is 8.47. The molecular formula is C14H22N2O. The third-order valence-electron chi connectivity index (χ3n) is 3.49. The number of carbonyl (C=O) groups excluding carboxylic acids is 1. The van der Waals surface area contributed by atoms with Crippen molar-refractivity contribution in [2.75, 3.05) is 6.54 Å². The van der Waals surface area contributed by atoms with E-state index in [0.717, 1.165) is 5.56 Å². The summed E-state index contributed by atoms with van der Waals surface area (Å²) in [5.41, 5.74) is 7.09. The van der Waals surface area contributed by atoms with Crippen molar-refractivity contribution >= 4 is 5.91 Å². The van der Waals surface area contributed by atoms with Crippen molar-refractivity contribution in [3.05, 3.63) is 35.4 Å². The van der Waals surface area contributed by atoms with Crippen LogP contribution in [0.4, 0.5) is 0 Å². The Bertz CT molecular complexity index is 401. The molecule has 0 saturated heterocycles. The first-order valence-corrected chi connectivity index (χ1v) is 5.99. The fraction of sp³-hybridized carbons (Fsp3) is 0.500.